The Morgan fingerprint density at radius 3 is 2.73 bits per heavy atom. The number of fused-ring (bicyclic) bond motifs is 1. The Morgan fingerprint density at radius 2 is 2.00 bits per heavy atom. The molecule has 1 atom stereocenters. The second-order valence-electron chi connectivity index (χ2n) is 10.4. The van der Waals surface area contributed by atoms with Crippen LogP contribution in [0.5, 0.6) is 0 Å². The van der Waals surface area contributed by atoms with E-state index in [-0.39, 0.29) is 23.3 Å². The number of hydrogen-bond donors (Lipinski definition) is 2. The lowest BCUT2D eigenvalue weighted by atomic mass is 9.96. The van der Waals surface area contributed by atoms with Crippen LogP contribution in [0.25, 0.3) is 11.3 Å². The number of amides is 1. The number of nitrogens with zero attached hydrogens (tertiary/aromatic N) is 7. The molecule has 0 unspecified atom stereocenters. The van der Waals surface area contributed by atoms with Gasteiger partial charge in [-0.15, -0.1) is 10.2 Å². The summed E-state index contributed by atoms with van der Waals surface area (Å²) in [7, 11) is 3.91. The van der Waals surface area contributed by atoms with Gasteiger partial charge in [0.05, 0.1) is 23.6 Å². The monoisotopic (exact) mass is 501 g/mol. The lowest BCUT2D eigenvalue weighted by molar-refractivity contribution is 0.0890. The molecule has 0 fully saturated rings. The van der Waals surface area contributed by atoms with Gasteiger partial charge in [0.15, 0.2) is 0 Å². The molecule has 37 heavy (non-hydrogen) atoms. The molecule has 1 amide bonds. The van der Waals surface area contributed by atoms with E-state index in [1.165, 1.54) is 0 Å². The molecule has 11 heteroatoms. The van der Waals surface area contributed by atoms with Crippen LogP contribution >= 0.6 is 0 Å². The zero-order valence-corrected chi connectivity index (χ0v) is 21.7. The molecule has 0 bridgehead atoms. The van der Waals surface area contributed by atoms with Gasteiger partial charge in [0, 0.05) is 43.5 Å². The maximum Gasteiger partial charge on any atom is 0.309 e. The molecule has 3 aromatic heterocycles. The summed E-state index contributed by atoms with van der Waals surface area (Å²) in [4.78, 5) is 24.2. The quantitative estimate of drug-likeness (QED) is 0.424. The molecule has 2 N–H and O–H groups in total. The van der Waals surface area contributed by atoms with Gasteiger partial charge in [0.25, 0.3) is 0 Å². The van der Waals surface area contributed by atoms with Crippen LogP contribution in [0.3, 0.4) is 0 Å². The van der Waals surface area contributed by atoms with Crippen LogP contribution in [0, 0.1) is 0 Å². The van der Waals surface area contributed by atoms with E-state index < -0.39 is 0 Å². The van der Waals surface area contributed by atoms with E-state index in [0.717, 1.165) is 41.0 Å². The molecule has 192 valence electrons. The fraction of sp³-hybridized carbons (Fsp3) is 0.385. The minimum Gasteiger partial charge on any atom is -0.416 e. The average Bonchev–Trinajstić information content (AvgIpc) is 3.48. The molecular formula is C26H31N9O2. The number of likely N-dealkylation sites (N-methyl/N-ethyl adjacent to an activating group) is 1. The highest BCUT2D eigenvalue weighted by molar-refractivity contribution is 5.89. The van der Waals surface area contributed by atoms with Crippen LogP contribution in [0.15, 0.2) is 47.3 Å². The number of rotatable bonds is 5. The molecule has 0 aliphatic carbocycles. The molecule has 0 spiro atoms. The number of anilines is 2. The minimum absolute atomic E-state index is 0.0235. The Bertz CT molecular complexity index is 1420. The number of benzene rings is 1. The van der Waals surface area contributed by atoms with E-state index in [4.69, 9.17) is 9.40 Å². The van der Waals surface area contributed by atoms with Crippen molar-refractivity contribution in [3.05, 3.63) is 65.8 Å². The molecule has 1 aliphatic rings. The summed E-state index contributed by atoms with van der Waals surface area (Å²) >= 11 is 0. The van der Waals surface area contributed by atoms with Crippen molar-refractivity contribution >= 4 is 17.5 Å². The van der Waals surface area contributed by atoms with Crippen molar-refractivity contribution < 1.29 is 9.21 Å². The smallest absolute Gasteiger partial charge is 0.309 e. The van der Waals surface area contributed by atoms with Gasteiger partial charge in [-0.2, -0.15) is 5.10 Å². The number of aromatic nitrogens is 6. The minimum atomic E-state index is -0.375. The van der Waals surface area contributed by atoms with Crippen LogP contribution < -0.4 is 10.6 Å². The van der Waals surface area contributed by atoms with Gasteiger partial charge >= 0.3 is 11.8 Å². The van der Waals surface area contributed by atoms with Crippen molar-refractivity contribution in [3.8, 4) is 11.3 Å². The second-order valence-corrected chi connectivity index (χ2v) is 10.4. The lowest BCUT2D eigenvalue weighted by Crippen LogP contribution is -2.35. The number of nitrogens with one attached hydrogen (secondary N) is 2. The van der Waals surface area contributed by atoms with Crippen molar-refractivity contribution in [2.75, 3.05) is 25.5 Å². The van der Waals surface area contributed by atoms with Gasteiger partial charge in [-0.3, -0.25) is 9.48 Å². The topological polar surface area (TPSA) is 127 Å². The van der Waals surface area contributed by atoms with E-state index in [9.17, 15) is 4.79 Å². The summed E-state index contributed by atoms with van der Waals surface area (Å²) in [6, 6.07) is 7.92. The van der Waals surface area contributed by atoms with Crippen LogP contribution in [-0.4, -0.2) is 60.9 Å². The normalized spacial score (nSPS) is 16.2. The average molecular weight is 502 g/mol. The number of carbonyl (C=O) groups is 1. The molecule has 0 radical (unpaired) electrons. The maximum absolute atomic E-state index is 13.0. The van der Waals surface area contributed by atoms with E-state index in [1.54, 1.807) is 17.1 Å². The van der Waals surface area contributed by atoms with Crippen molar-refractivity contribution in [1.29, 1.82) is 0 Å². The van der Waals surface area contributed by atoms with E-state index in [0.29, 0.717) is 18.4 Å². The SMILES string of the molecule is CN1CCc2cc(-c3ccnc(Nc4cnn(C)c4)n3)ccc2[C@@H](NC(=O)c2nnc(C(C)(C)C)o2)C1. The van der Waals surface area contributed by atoms with E-state index in [1.807, 2.05) is 46.1 Å². The molecule has 1 aliphatic heterocycles. The first-order valence-electron chi connectivity index (χ1n) is 12.2. The third-order valence-corrected chi connectivity index (χ3v) is 6.25. The summed E-state index contributed by atoms with van der Waals surface area (Å²) in [6.07, 6.45) is 6.18. The standard InChI is InChI=1S/C26H31N9O2/c1-26(2,3)24-33-32-23(37-24)22(36)30-21-15-34(4)11-9-16-12-17(6-7-19(16)21)20-8-10-27-25(31-20)29-18-13-28-35(5)14-18/h6-8,10,12-14,21H,9,11,15H2,1-5H3,(H,30,36)(H,27,29,31)/t21-/m0/s1. The lowest BCUT2D eigenvalue weighted by Gasteiger charge is -2.22. The van der Waals surface area contributed by atoms with Crippen molar-refractivity contribution in [1.82, 2.24) is 40.2 Å². The van der Waals surface area contributed by atoms with Crippen LogP contribution in [0.1, 0.15) is 54.5 Å². The van der Waals surface area contributed by atoms with Crippen LogP contribution in [0.2, 0.25) is 0 Å². The Morgan fingerprint density at radius 1 is 1.16 bits per heavy atom. The fourth-order valence-corrected chi connectivity index (χ4v) is 4.29. The van der Waals surface area contributed by atoms with Gasteiger partial charge in [-0.1, -0.05) is 32.9 Å². The number of carbonyl (C=O) groups excluding carboxylic acids is 1. The first kappa shape index (κ1) is 24.6. The predicted molar refractivity (Wildman–Crippen MR) is 138 cm³/mol. The largest absolute Gasteiger partial charge is 0.416 e. The third kappa shape index (κ3) is 5.51. The molecule has 5 rings (SSSR count). The highest BCUT2D eigenvalue weighted by Gasteiger charge is 2.28. The zero-order chi connectivity index (χ0) is 26.2. The summed E-state index contributed by atoms with van der Waals surface area (Å²) in [6.45, 7) is 7.43. The van der Waals surface area contributed by atoms with Gasteiger partial charge in [0.2, 0.25) is 11.8 Å². The van der Waals surface area contributed by atoms with Crippen molar-refractivity contribution in [3.63, 3.8) is 0 Å². The van der Waals surface area contributed by atoms with E-state index in [2.05, 4.69) is 55.0 Å². The van der Waals surface area contributed by atoms with Gasteiger partial charge in [0.1, 0.15) is 0 Å². The summed E-state index contributed by atoms with van der Waals surface area (Å²) in [5.41, 5.74) is 4.51. The van der Waals surface area contributed by atoms with Crippen LogP contribution in [0.4, 0.5) is 11.6 Å². The van der Waals surface area contributed by atoms with Gasteiger partial charge in [-0.25, -0.2) is 9.97 Å². The highest BCUT2D eigenvalue weighted by atomic mass is 16.4. The van der Waals surface area contributed by atoms with Gasteiger partial charge in [-0.05, 0) is 36.7 Å². The fourth-order valence-electron chi connectivity index (χ4n) is 4.29. The third-order valence-electron chi connectivity index (χ3n) is 6.25. The molecule has 4 aromatic rings. The summed E-state index contributed by atoms with van der Waals surface area (Å²) in [5, 5.41) is 18.5. The first-order valence-corrected chi connectivity index (χ1v) is 12.2. The van der Waals surface area contributed by atoms with E-state index >= 15 is 0 Å². The Balaban J connectivity index is 1.39. The summed E-state index contributed by atoms with van der Waals surface area (Å²) < 4.78 is 7.37. The van der Waals surface area contributed by atoms with Crippen molar-refractivity contribution in [2.45, 2.75) is 38.6 Å². The molecule has 0 saturated heterocycles. The summed E-state index contributed by atoms with van der Waals surface area (Å²) in [5.74, 6) is 0.535. The van der Waals surface area contributed by atoms with Crippen molar-refractivity contribution in [2.24, 2.45) is 7.05 Å². The maximum atomic E-state index is 13.0. The zero-order valence-electron chi connectivity index (χ0n) is 21.7. The highest BCUT2D eigenvalue weighted by Crippen LogP contribution is 2.29. The molecule has 1 aromatic carbocycles. The Kier molecular flexibility index (Phi) is 6.46. The molecule has 4 heterocycles. The predicted octanol–water partition coefficient (Wildman–Crippen LogP) is 3.26. The first-order chi connectivity index (χ1) is 17.7. The number of hydrogen-bond acceptors (Lipinski definition) is 9. The second kappa shape index (κ2) is 9.74. The molecular weight excluding hydrogens is 470 g/mol. The van der Waals surface area contributed by atoms with Crippen LogP contribution in [-0.2, 0) is 18.9 Å². The molecule has 0 saturated carbocycles. The van der Waals surface area contributed by atoms with Gasteiger partial charge < -0.3 is 20.0 Å². The Labute approximate surface area is 215 Å². The molecule has 11 nitrogen and oxygen atoms in total. The number of aryl methyl sites for hydroxylation is 1. The Hall–Kier alpha value is -4.12.